The third kappa shape index (κ3) is 2.73. The molecular weight excluding hydrogens is 257 g/mol. The van der Waals surface area contributed by atoms with Crippen LogP contribution in [0.4, 0.5) is 0 Å². The summed E-state index contributed by atoms with van der Waals surface area (Å²) < 4.78 is 0. The van der Waals surface area contributed by atoms with E-state index in [9.17, 15) is 0 Å². The van der Waals surface area contributed by atoms with Crippen LogP contribution in [0.5, 0.6) is 0 Å². The largest absolute Gasteiger partial charge is 0.265 e. The molecule has 2 aromatic rings. The first-order valence-electron chi connectivity index (χ1n) is 5.21. The van der Waals surface area contributed by atoms with Crippen molar-refractivity contribution in [3.8, 4) is 11.4 Å². The molecule has 3 nitrogen and oxygen atoms in total. The molecule has 0 radical (unpaired) electrons. The van der Waals surface area contributed by atoms with E-state index >= 15 is 0 Å². The van der Waals surface area contributed by atoms with Crippen LogP contribution in [0, 0.1) is 6.92 Å². The minimum absolute atomic E-state index is 0.477. The van der Waals surface area contributed by atoms with Crippen molar-refractivity contribution in [3.05, 3.63) is 40.9 Å². The standard InChI is InChI=1S/C12H11Cl2N3/c1-8-10(2-5-13)11(14)17-12(16-8)9-3-6-15-7-4-9/h3-4,6-7H,2,5H2,1H3. The fourth-order valence-electron chi connectivity index (χ4n) is 1.57. The van der Waals surface area contributed by atoms with Gasteiger partial charge in [-0.15, -0.1) is 11.6 Å². The van der Waals surface area contributed by atoms with Gasteiger partial charge in [-0.3, -0.25) is 4.98 Å². The number of hydrogen-bond acceptors (Lipinski definition) is 3. The van der Waals surface area contributed by atoms with Crippen molar-refractivity contribution in [2.24, 2.45) is 0 Å². The summed E-state index contributed by atoms with van der Waals surface area (Å²) in [6.45, 7) is 1.92. The molecule has 5 heteroatoms. The van der Waals surface area contributed by atoms with Crippen molar-refractivity contribution in [2.45, 2.75) is 13.3 Å². The maximum absolute atomic E-state index is 6.14. The van der Waals surface area contributed by atoms with E-state index in [1.807, 2.05) is 19.1 Å². The normalized spacial score (nSPS) is 10.5. The fourth-order valence-corrected chi connectivity index (χ4v) is 2.07. The van der Waals surface area contributed by atoms with Gasteiger partial charge in [-0.05, 0) is 25.5 Å². The maximum Gasteiger partial charge on any atom is 0.161 e. The lowest BCUT2D eigenvalue weighted by Crippen LogP contribution is -2.01. The summed E-state index contributed by atoms with van der Waals surface area (Å²) in [5, 5.41) is 0.477. The molecular formula is C12H11Cl2N3. The molecule has 17 heavy (non-hydrogen) atoms. The molecule has 0 aromatic carbocycles. The number of hydrogen-bond donors (Lipinski definition) is 0. The average molecular weight is 268 g/mol. The van der Waals surface area contributed by atoms with Crippen molar-refractivity contribution in [1.29, 1.82) is 0 Å². The van der Waals surface area contributed by atoms with Crippen LogP contribution in [0.3, 0.4) is 0 Å². The predicted molar refractivity (Wildman–Crippen MR) is 69.4 cm³/mol. The molecule has 2 heterocycles. The highest BCUT2D eigenvalue weighted by Crippen LogP contribution is 2.22. The Bertz CT molecular complexity index is 491. The second kappa shape index (κ2) is 5.43. The van der Waals surface area contributed by atoms with E-state index < -0.39 is 0 Å². The zero-order valence-electron chi connectivity index (χ0n) is 9.32. The molecule has 2 aromatic heterocycles. The number of aryl methyl sites for hydroxylation is 1. The molecule has 2 rings (SSSR count). The van der Waals surface area contributed by atoms with Crippen LogP contribution in [0.1, 0.15) is 11.3 Å². The Morgan fingerprint density at radius 2 is 1.88 bits per heavy atom. The van der Waals surface area contributed by atoms with E-state index in [-0.39, 0.29) is 0 Å². The summed E-state index contributed by atoms with van der Waals surface area (Å²) in [6.07, 6.45) is 4.09. The minimum atomic E-state index is 0.477. The van der Waals surface area contributed by atoms with Crippen LogP contribution in [-0.2, 0) is 6.42 Å². The molecule has 0 aliphatic rings. The highest BCUT2D eigenvalue weighted by molar-refractivity contribution is 6.30. The van der Waals surface area contributed by atoms with Crippen molar-refractivity contribution in [2.75, 3.05) is 5.88 Å². The Kier molecular flexibility index (Phi) is 3.92. The smallest absolute Gasteiger partial charge is 0.161 e. The quantitative estimate of drug-likeness (QED) is 0.633. The summed E-state index contributed by atoms with van der Waals surface area (Å²) in [4.78, 5) is 12.7. The van der Waals surface area contributed by atoms with Crippen molar-refractivity contribution in [3.63, 3.8) is 0 Å². The Balaban J connectivity index is 2.46. The molecule has 88 valence electrons. The van der Waals surface area contributed by atoms with Gasteiger partial charge in [0.05, 0.1) is 0 Å². The lowest BCUT2D eigenvalue weighted by atomic mass is 10.2. The molecule has 0 N–H and O–H groups in total. The van der Waals surface area contributed by atoms with Crippen LogP contribution < -0.4 is 0 Å². The van der Waals surface area contributed by atoms with Gasteiger partial charge in [-0.1, -0.05) is 11.6 Å². The zero-order chi connectivity index (χ0) is 12.3. The van der Waals surface area contributed by atoms with Gasteiger partial charge in [0.2, 0.25) is 0 Å². The lowest BCUT2D eigenvalue weighted by Gasteiger charge is -2.08. The van der Waals surface area contributed by atoms with Gasteiger partial charge in [0.15, 0.2) is 5.82 Å². The number of rotatable bonds is 3. The van der Waals surface area contributed by atoms with Crippen LogP contribution in [0.25, 0.3) is 11.4 Å². The summed E-state index contributed by atoms with van der Waals surface area (Å²) in [5.74, 6) is 1.13. The van der Waals surface area contributed by atoms with Gasteiger partial charge in [0, 0.05) is 35.1 Å². The molecule has 0 unspecified atom stereocenters. The van der Waals surface area contributed by atoms with E-state index in [0.29, 0.717) is 23.3 Å². The van der Waals surface area contributed by atoms with E-state index in [0.717, 1.165) is 16.8 Å². The van der Waals surface area contributed by atoms with Crippen LogP contribution in [-0.4, -0.2) is 20.8 Å². The van der Waals surface area contributed by atoms with E-state index in [1.165, 1.54) is 0 Å². The van der Waals surface area contributed by atoms with E-state index in [1.54, 1.807) is 12.4 Å². The highest BCUT2D eigenvalue weighted by atomic mass is 35.5. The molecule has 0 aliphatic heterocycles. The maximum atomic E-state index is 6.14. The van der Waals surface area contributed by atoms with Crippen molar-refractivity contribution >= 4 is 23.2 Å². The third-order valence-electron chi connectivity index (χ3n) is 2.45. The SMILES string of the molecule is Cc1nc(-c2ccncc2)nc(Cl)c1CCCl. The first-order valence-corrected chi connectivity index (χ1v) is 6.13. The van der Waals surface area contributed by atoms with Gasteiger partial charge < -0.3 is 0 Å². The molecule has 0 amide bonds. The first-order chi connectivity index (χ1) is 8.22. The molecule has 0 fully saturated rings. The van der Waals surface area contributed by atoms with Gasteiger partial charge in [0.25, 0.3) is 0 Å². The van der Waals surface area contributed by atoms with Crippen molar-refractivity contribution < 1.29 is 0 Å². The lowest BCUT2D eigenvalue weighted by molar-refractivity contribution is 1.00. The van der Waals surface area contributed by atoms with Crippen LogP contribution >= 0.6 is 23.2 Å². The van der Waals surface area contributed by atoms with Gasteiger partial charge in [-0.2, -0.15) is 0 Å². The summed E-state index contributed by atoms with van der Waals surface area (Å²) >= 11 is 11.9. The number of halogens is 2. The Labute approximate surface area is 110 Å². The van der Waals surface area contributed by atoms with E-state index in [2.05, 4.69) is 15.0 Å². The number of nitrogens with zero attached hydrogens (tertiary/aromatic N) is 3. The van der Waals surface area contributed by atoms with Gasteiger partial charge in [0.1, 0.15) is 5.15 Å². The second-order valence-corrected chi connectivity index (χ2v) is 4.31. The zero-order valence-corrected chi connectivity index (χ0v) is 10.8. The molecule has 0 atom stereocenters. The van der Waals surface area contributed by atoms with Gasteiger partial charge >= 0.3 is 0 Å². The second-order valence-electron chi connectivity index (χ2n) is 3.58. The summed E-state index contributed by atoms with van der Waals surface area (Å²) in [7, 11) is 0. The van der Waals surface area contributed by atoms with Crippen LogP contribution in [0.15, 0.2) is 24.5 Å². The number of aromatic nitrogens is 3. The predicted octanol–water partition coefficient (Wildman–Crippen LogP) is 3.28. The summed E-state index contributed by atoms with van der Waals surface area (Å²) in [6, 6.07) is 3.71. The van der Waals surface area contributed by atoms with Crippen LogP contribution in [0.2, 0.25) is 5.15 Å². The summed E-state index contributed by atoms with van der Waals surface area (Å²) in [5.41, 5.74) is 2.69. The third-order valence-corrected chi connectivity index (χ3v) is 2.95. The Hall–Kier alpha value is -1.19. The molecule has 0 aliphatic carbocycles. The van der Waals surface area contributed by atoms with Crippen molar-refractivity contribution in [1.82, 2.24) is 15.0 Å². The highest BCUT2D eigenvalue weighted by Gasteiger charge is 2.10. The fraction of sp³-hybridized carbons (Fsp3) is 0.250. The van der Waals surface area contributed by atoms with E-state index in [4.69, 9.17) is 23.2 Å². The monoisotopic (exact) mass is 267 g/mol. The average Bonchev–Trinajstić information content (AvgIpc) is 2.35. The van der Waals surface area contributed by atoms with Gasteiger partial charge in [-0.25, -0.2) is 9.97 Å². The molecule has 0 saturated heterocycles. The molecule has 0 spiro atoms. The Morgan fingerprint density at radius 3 is 2.47 bits per heavy atom. The Morgan fingerprint density at radius 1 is 1.18 bits per heavy atom. The molecule has 0 bridgehead atoms. The minimum Gasteiger partial charge on any atom is -0.265 e. The number of pyridine rings is 1. The number of alkyl halides is 1. The topological polar surface area (TPSA) is 38.7 Å². The molecule has 0 saturated carbocycles. The first kappa shape index (κ1) is 12.3.